The van der Waals surface area contributed by atoms with Crippen molar-refractivity contribution in [1.29, 1.82) is 0 Å². The van der Waals surface area contributed by atoms with E-state index in [-0.39, 0.29) is 0 Å². The molecule has 76 valence electrons. The number of hydrogen-bond acceptors (Lipinski definition) is 1. The van der Waals surface area contributed by atoms with E-state index in [0.29, 0.717) is 0 Å². The van der Waals surface area contributed by atoms with E-state index in [4.69, 9.17) is 11.8 Å². The molecule has 1 fully saturated rings. The average molecular weight is 224 g/mol. The van der Waals surface area contributed by atoms with Gasteiger partial charge >= 0.3 is 0 Å². The van der Waals surface area contributed by atoms with E-state index in [1.165, 1.54) is 30.5 Å². The van der Waals surface area contributed by atoms with Gasteiger partial charge in [-0.1, -0.05) is 49.1 Å². The van der Waals surface area contributed by atoms with Crippen molar-refractivity contribution in [3.05, 3.63) is 35.9 Å². The highest BCUT2D eigenvalue weighted by atomic mass is 32.4. The summed E-state index contributed by atoms with van der Waals surface area (Å²) in [4.78, 5) is 0. The van der Waals surface area contributed by atoms with Crippen molar-refractivity contribution in [2.24, 2.45) is 5.92 Å². The van der Waals surface area contributed by atoms with E-state index >= 15 is 0 Å². The molecule has 1 aliphatic heterocycles. The monoisotopic (exact) mass is 224 g/mol. The number of rotatable bonds is 2. The van der Waals surface area contributed by atoms with Crippen LogP contribution in [-0.2, 0) is 18.0 Å². The molecule has 14 heavy (non-hydrogen) atoms. The third-order valence-electron chi connectivity index (χ3n) is 2.99. The van der Waals surface area contributed by atoms with Crippen molar-refractivity contribution in [2.75, 3.05) is 12.3 Å². The van der Waals surface area contributed by atoms with Gasteiger partial charge in [-0.2, -0.15) is 0 Å². The fourth-order valence-electron chi connectivity index (χ4n) is 2.27. The van der Waals surface area contributed by atoms with Gasteiger partial charge in [-0.05, 0) is 36.3 Å². The molecule has 0 spiro atoms. The predicted molar refractivity (Wildman–Crippen MR) is 67.9 cm³/mol. The summed E-state index contributed by atoms with van der Waals surface area (Å²) in [5, 5.41) is 0. The first-order chi connectivity index (χ1) is 6.68. The molecule has 1 aromatic carbocycles. The Bertz CT molecular complexity index is 345. The Labute approximate surface area is 91.7 Å². The van der Waals surface area contributed by atoms with Crippen molar-refractivity contribution in [2.45, 2.75) is 19.5 Å². The summed E-state index contributed by atoms with van der Waals surface area (Å²) >= 11 is 5.84. The van der Waals surface area contributed by atoms with Crippen molar-refractivity contribution in [3.8, 4) is 0 Å². The van der Waals surface area contributed by atoms with E-state index in [1.54, 1.807) is 0 Å². The van der Waals surface area contributed by atoms with Crippen LogP contribution in [0.15, 0.2) is 30.3 Å². The Morgan fingerprint density at radius 3 is 2.64 bits per heavy atom. The largest absolute Gasteiger partial charge is 0.0971 e. The van der Waals surface area contributed by atoms with E-state index in [1.807, 2.05) is 0 Å². The second-order valence-electron chi connectivity index (χ2n) is 4.50. The second-order valence-corrected chi connectivity index (χ2v) is 10.1. The van der Waals surface area contributed by atoms with Gasteiger partial charge in [0.1, 0.15) is 0 Å². The Morgan fingerprint density at radius 2 is 2.07 bits per heavy atom. The molecule has 0 saturated carbocycles. The second kappa shape index (κ2) is 4.16. The standard InChI is InChI=1S/C12H17PS/c1-11-7-8-13(14,9-11)10-12-5-3-2-4-6-12/h2-6,11H,7-10H2,1H3. The summed E-state index contributed by atoms with van der Waals surface area (Å²) in [6.07, 6.45) is 5.22. The molecule has 0 aliphatic carbocycles. The van der Waals surface area contributed by atoms with Gasteiger partial charge in [0.25, 0.3) is 0 Å². The predicted octanol–water partition coefficient (Wildman–Crippen LogP) is 3.71. The zero-order valence-corrected chi connectivity index (χ0v) is 10.4. The van der Waals surface area contributed by atoms with Crippen molar-refractivity contribution in [1.82, 2.24) is 0 Å². The smallest absolute Gasteiger partial charge is 0.00179 e. The molecule has 0 nitrogen and oxygen atoms in total. The Hall–Kier alpha value is -0.130. The minimum absolute atomic E-state index is 0.879. The van der Waals surface area contributed by atoms with Gasteiger partial charge in [-0.15, -0.1) is 0 Å². The number of hydrogen-bond donors (Lipinski definition) is 0. The zero-order chi connectivity index (χ0) is 10.0. The Kier molecular flexibility index (Phi) is 3.09. The average Bonchev–Trinajstić information content (AvgIpc) is 2.47. The molecule has 0 radical (unpaired) electrons. The summed E-state index contributed by atoms with van der Waals surface area (Å²) in [6, 6.07) is 9.75. The molecule has 0 bridgehead atoms. The molecule has 0 amide bonds. The summed E-state index contributed by atoms with van der Waals surface area (Å²) in [6.45, 7) is 2.35. The summed E-state index contributed by atoms with van der Waals surface area (Å²) < 4.78 is 0. The highest BCUT2D eigenvalue weighted by Crippen LogP contribution is 2.56. The fraction of sp³-hybridized carbons (Fsp3) is 0.500. The molecule has 2 heteroatoms. The normalized spacial score (nSPS) is 31.9. The first kappa shape index (κ1) is 10.4. The molecule has 1 aliphatic rings. The maximum absolute atomic E-state index is 5.84. The van der Waals surface area contributed by atoms with Gasteiger partial charge in [0, 0.05) is 6.16 Å². The van der Waals surface area contributed by atoms with Crippen LogP contribution in [0.2, 0.25) is 0 Å². The quantitative estimate of drug-likeness (QED) is 0.690. The maximum Gasteiger partial charge on any atom is 0.00179 e. The van der Waals surface area contributed by atoms with E-state index in [9.17, 15) is 0 Å². The molecule has 2 rings (SSSR count). The third-order valence-corrected chi connectivity index (χ3v) is 7.67. The van der Waals surface area contributed by atoms with Crippen LogP contribution in [0.1, 0.15) is 18.9 Å². The first-order valence-electron chi connectivity index (χ1n) is 5.29. The van der Waals surface area contributed by atoms with Gasteiger partial charge in [-0.25, -0.2) is 0 Å². The Morgan fingerprint density at radius 1 is 1.36 bits per heavy atom. The highest BCUT2D eigenvalue weighted by molar-refractivity contribution is 8.14. The molecule has 1 saturated heterocycles. The lowest BCUT2D eigenvalue weighted by Gasteiger charge is -2.15. The number of benzene rings is 1. The van der Waals surface area contributed by atoms with Crippen molar-refractivity contribution in [3.63, 3.8) is 0 Å². The van der Waals surface area contributed by atoms with Crippen molar-refractivity contribution < 1.29 is 0 Å². The van der Waals surface area contributed by atoms with Crippen molar-refractivity contribution >= 4 is 17.8 Å². The van der Waals surface area contributed by atoms with Crippen LogP contribution >= 0.6 is 6.04 Å². The molecule has 2 atom stereocenters. The summed E-state index contributed by atoms with van der Waals surface area (Å²) in [5.74, 6) is 0.879. The van der Waals surface area contributed by atoms with Crippen LogP contribution in [0.4, 0.5) is 0 Å². The topological polar surface area (TPSA) is 0 Å². The van der Waals surface area contributed by atoms with E-state index < -0.39 is 6.04 Å². The molecule has 2 unspecified atom stereocenters. The van der Waals surface area contributed by atoms with Gasteiger partial charge < -0.3 is 0 Å². The minimum atomic E-state index is -1.01. The van der Waals surface area contributed by atoms with Gasteiger partial charge in [0.15, 0.2) is 0 Å². The SMILES string of the molecule is CC1CCP(=S)(Cc2ccccc2)C1. The molecule has 1 heterocycles. The van der Waals surface area contributed by atoms with Crippen LogP contribution in [-0.4, -0.2) is 12.3 Å². The van der Waals surface area contributed by atoms with Crippen LogP contribution in [0.3, 0.4) is 0 Å². The molecular weight excluding hydrogens is 207 g/mol. The van der Waals surface area contributed by atoms with E-state index in [2.05, 4.69) is 37.3 Å². The van der Waals surface area contributed by atoms with Crippen LogP contribution in [0, 0.1) is 5.92 Å². The lowest BCUT2D eigenvalue weighted by molar-refractivity contribution is 0.668. The zero-order valence-electron chi connectivity index (χ0n) is 8.65. The van der Waals surface area contributed by atoms with Gasteiger partial charge in [0.2, 0.25) is 0 Å². The van der Waals surface area contributed by atoms with E-state index in [0.717, 1.165) is 5.92 Å². The summed E-state index contributed by atoms with van der Waals surface area (Å²) in [5.41, 5.74) is 1.45. The van der Waals surface area contributed by atoms with Gasteiger partial charge in [0.05, 0.1) is 0 Å². The fourth-order valence-corrected chi connectivity index (χ4v) is 7.37. The van der Waals surface area contributed by atoms with Crippen LogP contribution < -0.4 is 0 Å². The third kappa shape index (κ3) is 2.46. The summed E-state index contributed by atoms with van der Waals surface area (Å²) in [7, 11) is 0. The lowest BCUT2D eigenvalue weighted by Crippen LogP contribution is -1.92. The lowest BCUT2D eigenvalue weighted by atomic mass is 10.2. The molecule has 1 aromatic rings. The van der Waals surface area contributed by atoms with Gasteiger partial charge in [-0.3, -0.25) is 0 Å². The highest BCUT2D eigenvalue weighted by Gasteiger charge is 2.27. The molecule has 0 N–H and O–H groups in total. The molecular formula is C12H17PS. The van der Waals surface area contributed by atoms with Crippen LogP contribution in [0.5, 0.6) is 0 Å². The van der Waals surface area contributed by atoms with Crippen LogP contribution in [0.25, 0.3) is 0 Å². The first-order valence-corrected chi connectivity index (χ1v) is 8.65. The maximum atomic E-state index is 5.84. The molecule has 0 aromatic heterocycles. The minimum Gasteiger partial charge on any atom is -0.0971 e. The Balaban J connectivity index is 2.08.